The van der Waals surface area contributed by atoms with Crippen molar-refractivity contribution in [3.05, 3.63) is 60.2 Å². The van der Waals surface area contributed by atoms with Gasteiger partial charge in [-0.05, 0) is 17.7 Å². The van der Waals surface area contributed by atoms with Gasteiger partial charge in [0.2, 0.25) is 0 Å². The van der Waals surface area contributed by atoms with Crippen LogP contribution in [-0.2, 0) is 6.54 Å². The number of para-hydroxylation sites is 2. The molecule has 24 heavy (non-hydrogen) atoms. The van der Waals surface area contributed by atoms with Gasteiger partial charge in [-0.15, -0.1) is 0 Å². The number of nitrogens with one attached hydrogen (secondary N) is 1. The average molecular weight is 325 g/mol. The predicted molar refractivity (Wildman–Crippen MR) is 96.2 cm³/mol. The van der Waals surface area contributed by atoms with E-state index in [4.69, 9.17) is 5.11 Å². The highest BCUT2D eigenvalue weighted by molar-refractivity contribution is 5.93. The molecule has 3 rings (SSSR count). The van der Waals surface area contributed by atoms with Gasteiger partial charge in [0.15, 0.2) is 0 Å². The third kappa shape index (κ3) is 3.68. The van der Waals surface area contributed by atoms with Crippen LogP contribution in [0.15, 0.2) is 54.6 Å². The zero-order valence-electron chi connectivity index (χ0n) is 13.9. The summed E-state index contributed by atoms with van der Waals surface area (Å²) in [6, 6.07) is 17.9. The molecular weight excluding hydrogens is 302 g/mol. The topological polar surface area (TPSA) is 55.8 Å². The molecule has 1 aliphatic rings. The van der Waals surface area contributed by atoms with E-state index >= 15 is 0 Å². The number of rotatable bonds is 5. The van der Waals surface area contributed by atoms with Crippen molar-refractivity contribution in [1.29, 1.82) is 0 Å². The molecule has 0 spiro atoms. The summed E-state index contributed by atoms with van der Waals surface area (Å²) in [6.45, 7) is 2.14. The Morgan fingerprint density at radius 2 is 1.83 bits per heavy atom. The Labute approximate surface area is 142 Å². The van der Waals surface area contributed by atoms with E-state index in [1.807, 2.05) is 49.5 Å². The molecule has 5 heteroatoms. The normalized spacial score (nSPS) is 14.2. The van der Waals surface area contributed by atoms with Crippen LogP contribution in [0.1, 0.15) is 5.56 Å². The van der Waals surface area contributed by atoms with Crippen LogP contribution in [0.2, 0.25) is 0 Å². The molecule has 2 amide bonds. The molecule has 1 heterocycles. The Bertz CT molecular complexity index is 684. The van der Waals surface area contributed by atoms with Gasteiger partial charge in [0.05, 0.1) is 11.4 Å². The fourth-order valence-electron chi connectivity index (χ4n) is 2.90. The van der Waals surface area contributed by atoms with Gasteiger partial charge in [-0.1, -0.05) is 42.5 Å². The van der Waals surface area contributed by atoms with Crippen LogP contribution in [0.3, 0.4) is 0 Å². The second-order valence-corrected chi connectivity index (χ2v) is 6.24. The van der Waals surface area contributed by atoms with E-state index in [1.165, 1.54) is 5.56 Å². The number of aliphatic hydroxyl groups is 1. The second kappa shape index (κ2) is 7.36. The maximum atomic E-state index is 12.3. The summed E-state index contributed by atoms with van der Waals surface area (Å²) in [5, 5.41) is 12.1. The van der Waals surface area contributed by atoms with Gasteiger partial charge in [0, 0.05) is 39.2 Å². The van der Waals surface area contributed by atoms with Gasteiger partial charge < -0.3 is 20.2 Å². The molecule has 0 saturated carbocycles. The van der Waals surface area contributed by atoms with Gasteiger partial charge in [-0.2, -0.15) is 0 Å². The number of anilines is 2. The van der Waals surface area contributed by atoms with E-state index in [0.29, 0.717) is 13.1 Å². The first-order valence-corrected chi connectivity index (χ1v) is 8.18. The molecule has 1 fully saturated rings. The van der Waals surface area contributed by atoms with Crippen molar-refractivity contribution >= 4 is 17.4 Å². The Morgan fingerprint density at radius 3 is 2.54 bits per heavy atom. The number of nitrogens with zero attached hydrogens (tertiary/aromatic N) is 2. The molecule has 2 aromatic rings. The first-order chi connectivity index (χ1) is 11.7. The van der Waals surface area contributed by atoms with Crippen LogP contribution >= 0.6 is 0 Å². The van der Waals surface area contributed by atoms with E-state index in [9.17, 15) is 4.79 Å². The molecule has 0 atom stereocenters. The third-order valence-corrected chi connectivity index (χ3v) is 4.32. The second-order valence-electron chi connectivity index (χ2n) is 6.24. The molecule has 1 saturated heterocycles. The monoisotopic (exact) mass is 325 g/mol. The summed E-state index contributed by atoms with van der Waals surface area (Å²) in [5.41, 5.74) is 3.00. The van der Waals surface area contributed by atoms with E-state index in [0.717, 1.165) is 17.9 Å². The zero-order chi connectivity index (χ0) is 16.9. The summed E-state index contributed by atoms with van der Waals surface area (Å²) < 4.78 is 0. The van der Waals surface area contributed by atoms with E-state index in [-0.39, 0.29) is 18.6 Å². The summed E-state index contributed by atoms with van der Waals surface area (Å²) in [4.78, 5) is 16.1. The van der Waals surface area contributed by atoms with Crippen molar-refractivity contribution < 1.29 is 9.90 Å². The van der Waals surface area contributed by atoms with Crippen LogP contribution in [-0.4, -0.2) is 42.8 Å². The van der Waals surface area contributed by atoms with Crippen molar-refractivity contribution in [3.8, 4) is 0 Å². The fraction of sp³-hybridized carbons (Fsp3) is 0.316. The highest BCUT2D eigenvalue weighted by atomic mass is 16.3. The Kier molecular flexibility index (Phi) is 5.01. The molecule has 126 valence electrons. The lowest BCUT2D eigenvalue weighted by Crippen LogP contribution is -2.52. The quantitative estimate of drug-likeness (QED) is 0.889. The highest BCUT2D eigenvalue weighted by Crippen LogP contribution is 2.27. The molecule has 0 bridgehead atoms. The van der Waals surface area contributed by atoms with Gasteiger partial charge in [-0.3, -0.25) is 0 Å². The lowest BCUT2D eigenvalue weighted by atomic mass is 10.0. The number of likely N-dealkylation sites (tertiary alicyclic amines) is 1. The molecule has 2 aromatic carbocycles. The molecule has 2 N–H and O–H groups in total. The maximum Gasteiger partial charge on any atom is 0.321 e. The van der Waals surface area contributed by atoms with Gasteiger partial charge in [0.25, 0.3) is 0 Å². The molecular formula is C19H23N3O2. The lowest BCUT2D eigenvalue weighted by Gasteiger charge is -2.38. The number of benzene rings is 2. The number of hydrogen-bond donors (Lipinski definition) is 2. The van der Waals surface area contributed by atoms with Gasteiger partial charge >= 0.3 is 6.03 Å². The van der Waals surface area contributed by atoms with Crippen molar-refractivity contribution in [2.45, 2.75) is 6.54 Å². The van der Waals surface area contributed by atoms with E-state index in [2.05, 4.69) is 22.3 Å². The molecule has 5 nitrogen and oxygen atoms in total. The van der Waals surface area contributed by atoms with Crippen LogP contribution in [0.25, 0.3) is 0 Å². The summed E-state index contributed by atoms with van der Waals surface area (Å²) in [6.07, 6.45) is 0. The van der Waals surface area contributed by atoms with Gasteiger partial charge in [-0.25, -0.2) is 4.79 Å². The number of urea groups is 1. The number of hydrogen-bond acceptors (Lipinski definition) is 3. The number of carbonyl (C=O) groups is 1. The first-order valence-electron chi connectivity index (χ1n) is 8.18. The maximum absolute atomic E-state index is 12.3. The van der Waals surface area contributed by atoms with Crippen LogP contribution in [0.5, 0.6) is 0 Å². The number of amides is 2. The minimum atomic E-state index is -0.111. The van der Waals surface area contributed by atoms with Gasteiger partial charge in [0.1, 0.15) is 0 Å². The van der Waals surface area contributed by atoms with Crippen molar-refractivity contribution in [1.82, 2.24) is 4.90 Å². The van der Waals surface area contributed by atoms with Crippen LogP contribution in [0.4, 0.5) is 16.2 Å². The zero-order valence-corrected chi connectivity index (χ0v) is 13.9. The summed E-state index contributed by atoms with van der Waals surface area (Å²) in [7, 11) is 2.02. The average Bonchev–Trinajstić information content (AvgIpc) is 2.55. The summed E-state index contributed by atoms with van der Waals surface area (Å²) >= 11 is 0. The van der Waals surface area contributed by atoms with Crippen LogP contribution in [0, 0.1) is 5.92 Å². The fourth-order valence-corrected chi connectivity index (χ4v) is 2.90. The largest absolute Gasteiger partial charge is 0.396 e. The predicted octanol–water partition coefficient (Wildman–Crippen LogP) is 2.78. The number of carbonyl (C=O) groups excluding carboxylic acids is 1. The minimum Gasteiger partial charge on any atom is -0.396 e. The van der Waals surface area contributed by atoms with Crippen LogP contribution < -0.4 is 10.2 Å². The smallest absolute Gasteiger partial charge is 0.321 e. The molecule has 0 radical (unpaired) electrons. The highest BCUT2D eigenvalue weighted by Gasteiger charge is 2.30. The van der Waals surface area contributed by atoms with E-state index < -0.39 is 0 Å². The van der Waals surface area contributed by atoms with Crippen molar-refractivity contribution in [3.63, 3.8) is 0 Å². The Hall–Kier alpha value is -2.53. The Balaban J connectivity index is 1.67. The molecule has 0 aromatic heterocycles. The Morgan fingerprint density at radius 1 is 1.17 bits per heavy atom. The third-order valence-electron chi connectivity index (χ3n) is 4.32. The van der Waals surface area contributed by atoms with E-state index in [1.54, 1.807) is 4.90 Å². The van der Waals surface area contributed by atoms with Crippen molar-refractivity contribution in [2.24, 2.45) is 5.92 Å². The van der Waals surface area contributed by atoms with Crippen molar-refractivity contribution in [2.75, 3.05) is 37.0 Å². The molecule has 0 aliphatic carbocycles. The first kappa shape index (κ1) is 16.3. The minimum absolute atomic E-state index is 0.111. The lowest BCUT2D eigenvalue weighted by molar-refractivity contribution is 0.0838. The molecule has 1 aliphatic heterocycles. The summed E-state index contributed by atoms with van der Waals surface area (Å²) in [5.74, 6) is 0.215. The SMILES string of the molecule is CN(Cc1ccccc1)c1ccccc1NC(=O)N1CC(CO)C1. The molecule has 0 unspecified atom stereocenters. The number of aliphatic hydroxyl groups excluding tert-OH is 1. The standard InChI is InChI=1S/C19H23N3O2/c1-21(11-15-7-3-2-4-8-15)18-10-6-5-9-17(18)20-19(24)22-12-16(13-22)14-23/h2-10,16,23H,11-14H2,1H3,(H,20,24).